The number of hydrogen-bond donors (Lipinski definition) is 0. The molecule has 4 heteroatoms. The van der Waals surface area contributed by atoms with Gasteiger partial charge < -0.3 is 4.57 Å². The van der Waals surface area contributed by atoms with E-state index in [1.165, 1.54) is 18.5 Å². The molecule has 5 rings (SSSR count). The lowest BCUT2D eigenvalue weighted by molar-refractivity contribution is -0.189. The van der Waals surface area contributed by atoms with Crippen molar-refractivity contribution in [2.75, 3.05) is 0 Å². The molecule has 0 N–H and O–H groups in total. The lowest BCUT2D eigenvalue weighted by Gasteiger charge is -2.65. The fraction of sp³-hybridized carbons (Fsp3) is 0.783. The van der Waals surface area contributed by atoms with Gasteiger partial charge in [-0.3, -0.25) is 0 Å². The van der Waals surface area contributed by atoms with Crippen molar-refractivity contribution in [3.8, 4) is 0 Å². The van der Waals surface area contributed by atoms with E-state index in [9.17, 15) is 8.78 Å². The molecule has 1 aromatic rings. The van der Waals surface area contributed by atoms with E-state index in [0.29, 0.717) is 18.3 Å². The van der Waals surface area contributed by atoms with Gasteiger partial charge >= 0.3 is 0 Å². The molecular formula is C23H32F2N2. The Morgan fingerprint density at radius 2 is 1.81 bits per heavy atom. The molecule has 3 saturated carbocycles. The molecule has 4 aliphatic carbocycles. The van der Waals surface area contributed by atoms with Gasteiger partial charge in [0, 0.05) is 36.3 Å². The minimum Gasteiger partial charge on any atom is -0.310 e. The van der Waals surface area contributed by atoms with Crippen LogP contribution in [0.5, 0.6) is 0 Å². The molecule has 1 aromatic heterocycles. The second-order valence-electron chi connectivity index (χ2n) is 10.7. The summed E-state index contributed by atoms with van der Waals surface area (Å²) in [5, 5.41) is 0. The SMILES string of the molecule is C[C@@]12CCC3CC(F)(F)CC[C@]3(C)[C@H]1CC[C@]1(C)C(n3ccnc3)=CC[C@@H]21. The Morgan fingerprint density at radius 3 is 2.56 bits per heavy atom. The number of fused-ring (bicyclic) bond motifs is 5. The van der Waals surface area contributed by atoms with Gasteiger partial charge in [0.25, 0.3) is 0 Å². The first-order valence-electron chi connectivity index (χ1n) is 10.8. The van der Waals surface area contributed by atoms with E-state index >= 15 is 0 Å². The van der Waals surface area contributed by atoms with Crippen LogP contribution < -0.4 is 0 Å². The highest BCUT2D eigenvalue weighted by Gasteiger charge is 2.65. The molecule has 1 unspecified atom stereocenters. The average molecular weight is 375 g/mol. The van der Waals surface area contributed by atoms with Crippen LogP contribution in [0.15, 0.2) is 24.8 Å². The van der Waals surface area contributed by atoms with E-state index in [1.54, 1.807) is 0 Å². The standard InChI is InChI=1S/C23H32F2N2/c1-20-10-11-23(24,25)14-16(20)6-8-21(2)17-4-5-19(27-13-12-26-15-27)22(17,3)9-7-18(20)21/h5,12-13,15-18H,4,6-11,14H2,1-3H3/t16?,17-,18+,20-,21-,22-/m0/s1. The van der Waals surface area contributed by atoms with Crippen molar-refractivity contribution in [1.82, 2.24) is 9.55 Å². The molecule has 0 aromatic carbocycles. The van der Waals surface area contributed by atoms with E-state index in [4.69, 9.17) is 0 Å². The lowest BCUT2D eigenvalue weighted by atomic mass is 9.39. The number of imidazole rings is 1. The first-order valence-corrected chi connectivity index (χ1v) is 10.8. The maximum atomic E-state index is 14.1. The molecule has 6 atom stereocenters. The van der Waals surface area contributed by atoms with Crippen molar-refractivity contribution in [2.24, 2.45) is 34.0 Å². The van der Waals surface area contributed by atoms with Crippen molar-refractivity contribution in [1.29, 1.82) is 0 Å². The summed E-state index contributed by atoms with van der Waals surface area (Å²) in [5.41, 5.74) is 1.93. The Morgan fingerprint density at radius 1 is 1.00 bits per heavy atom. The smallest absolute Gasteiger partial charge is 0.248 e. The normalized spacial score (nSPS) is 48.3. The fourth-order valence-corrected chi connectivity index (χ4v) is 8.18. The second kappa shape index (κ2) is 5.45. The average Bonchev–Trinajstić information content (AvgIpc) is 3.23. The maximum Gasteiger partial charge on any atom is 0.248 e. The van der Waals surface area contributed by atoms with E-state index in [-0.39, 0.29) is 35.0 Å². The van der Waals surface area contributed by atoms with Crippen LogP contribution in [0.25, 0.3) is 5.70 Å². The van der Waals surface area contributed by atoms with Gasteiger partial charge in [0.05, 0.1) is 6.33 Å². The van der Waals surface area contributed by atoms with Gasteiger partial charge in [0.15, 0.2) is 0 Å². The monoisotopic (exact) mass is 374 g/mol. The van der Waals surface area contributed by atoms with Crippen molar-refractivity contribution in [3.05, 3.63) is 24.8 Å². The summed E-state index contributed by atoms with van der Waals surface area (Å²) >= 11 is 0. The van der Waals surface area contributed by atoms with Gasteiger partial charge in [-0.05, 0) is 67.1 Å². The van der Waals surface area contributed by atoms with Crippen LogP contribution in [0.3, 0.4) is 0 Å². The summed E-state index contributed by atoms with van der Waals surface area (Å²) in [7, 11) is 0. The molecule has 0 bridgehead atoms. The third-order valence-corrected chi connectivity index (χ3v) is 9.56. The first kappa shape index (κ1) is 17.9. The molecule has 0 saturated heterocycles. The number of nitrogens with zero attached hydrogens (tertiary/aromatic N) is 2. The molecule has 27 heavy (non-hydrogen) atoms. The summed E-state index contributed by atoms with van der Waals surface area (Å²) in [4.78, 5) is 4.26. The number of halogens is 2. The summed E-state index contributed by atoms with van der Waals surface area (Å²) in [6, 6.07) is 0. The van der Waals surface area contributed by atoms with Gasteiger partial charge in [-0.2, -0.15) is 0 Å². The zero-order chi connectivity index (χ0) is 19.1. The molecule has 0 amide bonds. The Hall–Kier alpha value is -1.19. The van der Waals surface area contributed by atoms with Gasteiger partial charge in [-0.1, -0.05) is 26.8 Å². The van der Waals surface area contributed by atoms with Crippen LogP contribution in [-0.4, -0.2) is 15.5 Å². The maximum absolute atomic E-state index is 14.1. The second-order valence-corrected chi connectivity index (χ2v) is 10.7. The quantitative estimate of drug-likeness (QED) is 0.556. The Balaban J connectivity index is 1.49. The number of aromatic nitrogens is 2. The summed E-state index contributed by atoms with van der Waals surface area (Å²) in [5.74, 6) is -1.05. The minimum atomic E-state index is -2.44. The van der Waals surface area contributed by atoms with Crippen LogP contribution in [0, 0.1) is 34.0 Å². The van der Waals surface area contributed by atoms with Gasteiger partial charge in [0.2, 0.25) is 5.92 Å². The third-order valence-electron chi connectivity index (χ3n) is 9.56. The minimum absolute atomic E-state index is 0.0903. The summed E-state index contributed by atoms with van der Waals surface area (Å²) < 4.78 is 30.5. The predicted molar refractivity (Wildman–Crippen MR) is 103 cm³/mol. The van der Waals surface area contributed by atoms with Gasteiger partial charge in [0.1, 0.15) is 0 Å². The number of rotatable bonds is 1. The largest absolute Gasteiger partial charge is 0.310 e. The van der Waals surface area contributed by atoms with E-state index < -0.39 is 5.92 Å². The van der Waals surface area contributed by atoms with Crippen molar-refractivity contribution >= 4 is 5.70 Å². The van der Waals surface area contributed by atoms with Crippen LogP contribution in [0.4, 0.5) is 8.78 Å². The van der Waals surface area contributed by atoms with Gasteiger partial charge in [-0.15, -0.1) is 0 Å². The molecule has 0 spiro atoms. The molecule has 2 nitrogen and oxygen atoms in total. The van der Waals surface area contributed by atoms with Gasteiger partial charge in [-0.25, -0.2) is 13.8 Å². The molecule has 0 aliphatic heterocycles. The fourth-order valence-electron chi connectivity index (χ4n) is 8.18. The zero-order valence-electron chi connectivity index (χ0n) is 16.8. The molecule has 0 radical (unpaired) electrons. The third kappa shape index (κ3) is 2.31. The van der Waals surface area contributed by atoms with E-state index in [1.807, 2.05) is 12.5 Å². The highest BCUT2D eigenvalue weighted by atomic mass is 19.3. The van der Waals surface area contributed by atoms with E-state index in [0.717, 1.165) is 19.3 Å². The van der Waals surface area contributed by atoms with Crippen molar-refractivity contribution in [2.45, 2.75) is 78.1 Å². The number of hydrogen-bond acceptors (Lipinski definition) is 1. The number of allylic oxidation sites excluding steroid dienone is 2. The van der Waals surface area contributed by atoms with Crippen LogP contribution in [-0.2, 0) is 0 Å². The molecule has 1 heterocycles. The topological polar surface area (TPSA) is 17.8 Å². The lowest BCUT2D eigenvalue weighted by Crippen LogP contribution is -2.59. The van der Waals surface area contributed by atoms with Crippen LogP contribution >= 0.6 is 0 Å². The first-order chi connectivity index (χ1) is 12.7. The molecule has 148 valence electrons. The predicted octanol–water partition coefficient (Wildman–Crippen LogP) is 6.40. The molecule has 3 fully saturated rings. The highest BCUT2D eigenvalue weighted by molar-refractivity contribution is 5.57. The zero-order valence-corrected chi connectivity index (χ0v) is 16.8. The highest BCUT2D eigenvalue weighted by Crippen LogP contribution is 2.72. The number of alkyl halides is 2. The molecule has 4 aliphatic rings. The van der Waals surface area contributed by atoms with Crippen LogP contribution in [0.1, 0.15) is 72.1 Å². The summed E-state index contributed by atoms with van der Waals surface area (Å²) in [6.45, 7) is 7.30. The summed E-state index contributed by atoms with van der Waals surface area (Å²) in [6.07, 6.45) is 14.8. The van der Waals surface area contributed by atoms with Crippen molar-refractivity contribution < 1.29 is 8.78 Å². The van der Waals surface area contributed by atoms with Crippen LogP contribution in [0.2, 0.25) is 0 Å². The Kier molecular flexibility index (Phi) is 3.61. The van der Waals surface area contributed by atoms with E-state index in [2.05, 4.69) is 42.6 Å². The molecular weight excluding hydrogens is 342 g/mol. The van der Waals surface area contributed by atoms with Crippen molar-refractivity contribution in [3.63, 3.8) is 0 Å². The Labute approximate surface area is 161 Å². The Bertz CT molecular complexity index is 769.